The lowest BCUT2D eigenvalue weighted by Crippen LogP contribution is -2.52. The SMILES string of the molecule is C=CC[N+](CC=C)(Cc1ccccc1)CC(O)CP(=O)(OCC)OCC. The van der Waals surface area contributed by atoms with Gasteiger partial charge < -0.3 is 18.6 Å². The lowest BCUT2D eigenvalue weighted by atomic mass is 10.1. The molecule has 1 N–H and O–H groups in total. The van der Waals surface area contributed by atoms with Crippen LogP contribution in [0.25, 0.3) is 0 Å². The predicted octanol–water partition coefficient (Wildman–Crippen LogP) is 4.00. The molecular formula is C20H33NO4P+. The number of aliphatic hydroxyl groups is 1. The van der Waals surface area contributed by atoms with Crippen molar-refractivity contribution in [2.24, 2.45) is 0 Å². The highest BCUT2D eigenvalue weighted by Gasteiger charge is 2.34. The zero-order valence-electron chi connectivity index (χ0n) is 16.0. The Labute approximate surface area is 158 Å². The quantitative estimate of drug-likeness (QED) is 0.300. The molecule has 1 unspecified atom stereocenters. The Balaban J connectivity index is 2.97. The van der Waals surface area contributed by atoms with E-state index >= 15 is 0 Å². The molecule has 0 radical (unpaired) electrons. The second-order valence-electron chi connectivity index (χ2n) is 6.39. The van der Waals surface area contributed by atoms with Crippen molar-refractivity contribution in [2.75, 3.05) is 39.0 Å². The smallest absolute Gasteiger partial charge is 0.333 e. The summed E-state index contributed by atoms with van der Waals surface area (Å²) in [6.45, 7) is 14.3. The van der Waals surface area contributed by atoms with E-state index in [1.807, 2.05) is 30.4 Å². The van der Waals surface area contributed by atoms with Crippen molar-refractivity contribution >= 4 is 7.60 Å². The van der Waals surface area contributed by atoms with Gasteiger partial charge in [-0.15, -0.1) is 0 Å². The summed E-state index contributed by atoms with van der Waals surface area (Å²) in [6, 6.07) is 10.1. The maximum Gasteiger partial charge on any atom is 0.333 e. The van der Waals surface area contributed by atoms with Gasteiger partial charge in [0, 0.05) is 5.56 Å². The minimum absolute atomic E-state index is 0.0161. The summed E-state index contributed by atoms with van der Waals surface area (Å²) in [5.74, 6) is 0. The van der Waals surface area contributed by atoms with Gasteiger partial charge in [-0.2, -0.15) is 0 Å². The number of hydrogen-bond donors (Lipinski definition) is 1. The van der Waals surface area contributed by atoms with E-state index in [2.05, 4.69) is 25.3 Å². The standard InChI is InChI=1S/C20H33NO4P/c1-5-14-21(15-6-2,16-19-12-10-9-11-13-19)17-20(22)18-26(23,24-7-3)25-8-4/h5-6,9-13,20,22H,1-2,7-8,14-18H2,3-4H3/q+1. The highest BCUT2D eigenvalue weighted by molar-refractivity contribution is 7.53. The summed E-state index contributed by atoms with van der Waals surface area (Å²) in [7, 11) is -3.29. The molecule has 1 aromatic carbocycles. The molecule has 26 heavy (non-hydrogen) atoms. The Morgan fingerprint density at radius 1 is 1.12 bits per heavy atom. The van der Waals surface area contributed by atoms with Crippen LogP contribution in [0.15, 0.2) is 55.6 Å². The molecule has 0 amide bonds. The molecule has 0 heterocycles. The van der Waals surface area contributed by atoms with E-state index in [1.165, 1.54) is 5.56 Å². The first-order valence-electron chi connectivity index (χ1n) is 9.09. The predicted molar refractivity (Wildman–Crippen MR) is 107 cm³/mol. The molecule has 0 saturated heterocycles. The summed E-state index contributed by atoms with van der Waals surface area (Å²) in [5, 5.41) is 10.7. The average molecular weight is 382 g/mol. The van der Waals surface area contributed by atoms with E-state index in [-0.39, 0.29) is 19.4 Å². The van der Waals surface area contributed by atoms with Gasteiger partial charge in [0.15, 0.2) is 0 Å². The van der Waals surface area contributed by atoms with Crippen molar-refractivity contribution in [1.29, 1.82) is 0 Å². The molecule has 5 nitrogen and oxygen atoms in total. The van der Waals surface area contributed by atoms with Crippen molar-refractivity contribution < 1.29 is 23.2 Å². The van der Waals surface area contributed by atoms with Gasteiger partial charge in [-0.05, 0) is 26.0 Å². The average Bonchev–Trinajstić information content (AvgIpc) is 2.56. The fraction of sp³-hybridized carbons (Fsp3) is 0.500. The zero-order valence-corrected chi connectivity index (χ0v) is 16.9. The molecule has 1 atom stereocenters. The fourth-order valence-electron chi connectivity index (χ4n) is 3.23. The Hall–Kier alpha value is -1.23. The van der Waals surface area contributed by atoms with E-state index in [9.17, 15) is 9.67 Å². The lowest BCUT2D eigenvalue weighted by molar-refractivity contribution is -0.932. The van der Waals surface area contributed by atoms with Gasteiger partial charge in [-0.1, -0.05) is 43.5 Å². The molecule has 0 aliphatic heterocycles. The van der Waals surface area contributed by atoms with Gasteiger partial charge in [0.2, 0.25) is 0 Å². The first-order valence-corrected chi connectivity index (χ1v) is 10.8. The van der Waals surface area contributed by atoms with Gasteiger partial charge in [0.1, 0.15) is 19.2 Å². The summed E-state index contributed by atoms with van der Waals surface area (Å²) in [4.78, 5) is 0. The number of quaternary nitrogens is 1. The summed E-state index contributed by atoms with van der Waals surface area (Å²) in [5.41, 5.74) is 1.17. The van der Waals surface area contributed by atoms with Crippen molar-refractivity contribution in [3.63, 3.8) is 0 Å². The summed E-state index contributed by atoms with van der Waals surface area (Å²) >= 11 is 0. The Kier molecular flexibility index (Phi) is 10.1. The Bertz CT molecular complexity index is 571. The third kappa shape index (κ3) is 7.56. The van der Waals surface area contributed by atoms with Crippen LogP contribution in [0.4, 0.5) is 0 Å². The minimum atomic E-state index is -3.29. The number of nitrogens with zero attached hydrogens (tertiary/aromatic N) is 1. The van der Waals surface area contributed by atoms with Crippen LogP contribution < -0.4 is 0 Å². The van der Waals surface area contributed by atoms with Crippen LogP contribution in [0.2, 0.25) is 0 Å². The number of aliphatic hydroxyl groups excluding tert-OH is 1. The van der Waals surface area contributed by atoms with E-state index < -0.39 is 13.7 Å². The molecule has 0 aromatic heterocycles. The fourth-order valence-corrected chi connectivity index (χ4v) is 4.94. The Morgan fingerprint density at radius 3 is 2.12 bits per heavy atom. The normalized spacial score (nSPS) is 13.3. The largest absolute Gasteiger partial charge is 0.387 e. The van der Waals surface area contributed by atoms with Gasteiger partial charge in [0.25, 0.3) is 0 Å². The second-order valence-corrected chi connectivity index (χ2v) is 8.50. The molecular weight excluding hydrogens is 349 g/mol. The highest BCUT2D eigenvalue weighted by atomic mass is 31.2. The highest BCUT2D eigenvalue weighted by Crippen LogP contribution is 2.48. The minimum Gasteiger partial charge on any atom is -0.387 e. The van der Waals surface area contributed by atoms with Crippen LogP contribution in [-0.4, -0.2) is 54.7 Å². The first kappa shape index (κ1) is 22.8. The molecule has 1 aromatic rings. The molecule has 0 spiro atoms. The number of hydrogen-bond acceptors (Lipinski definition) is 4. The van der Waals surface area contributed by atoms with Gasteiger partial charge >= 0.3 is 7.60 Å². The second kappa shape index (κ2) is 11.5. The lowest BCUT2D eigenvalue weighted by Gasteiger charge is -2.39. The van der Waals surface area contributed by atoms with Crippen molar-refractivity contribution in [1.82, 2.24) is 0 Å². The topological polar surface area (TPSA) is 55.8 Å². The third-order valence-electron chi connectivity index (χ3n) is 4.08. The van der Waals surface area contributed by atoms with E-state index in [4.69, 9.17) is 9.05 Å². The summed E-state index contributed by atoms with van der Waals surface area (Å²) < 4.78 is 23.9. The van der Waals surface area contributed by atoms with Crippen molar-refractivity contribution in [2.45, 2.75) is 26.5 Å². The zero-order chi connectivity index (χ0) is 19.5. The number of rotatable bonds is 14. The molecule has 146 valence electrons. The van der Waals surface area contributed by atoms with Gasteiger partial charge in [-0.3, -0.25) is 4.57 Å². The molecule has 0 bridgehead atoms. The molecule has 0 saturated carbocycles. The van der Waals surface area contributed by atoms with Crippen LogP contribution in [-0.2, 0) is 20.2 Å². The van der Waals surface area contributed by atoms with Crippen molar-refractivity contribution in [3.05, 3.63) is 61.2 Å². The molecule has 0 fully saturated rings. The third-order valence-corrected chi connectivity index (χ3v) is 6.25. The summed E-state index contributed by atoms with van der Waals surface area (Å²) in [6.07, 6.45) is 2.87. The van der Waals surface area contributed by atoms with E-state index in [1.54, 1.807) is 13.8 Å². The Morgan fingerprint density at radius 2 is 1.65 bits per heavy atom. The molecule has 1 rings (SSSR count). The van der Waals surface area contributed by atoms with Crippen LogP contribution >= 0.6 is 7.60 Å². The monoisotopic (exact) mass is 382 g/mol. The maximum atomic E-state index is 12.7. The van der Waals surface area contributed by atoms with Crippen molar-refractivity contribution in [3.8, 4) is 0 Å². The first-order chi connectivity index (χ1) is 12.4. The van der Waals surface area contributed by atoms with Crippen LogP contribution in [0.1, 0.15) is 19.4 Å². The van der Waals surface area contributed by atoms with Gasteiger partial charge in [-0.25, -0.2) is 0 Å². The van der Waals surface area contributed by atoms with Crippen LogP contribution in [0.3, 0.4) is 0 Å². The van der Waals surface area contributed by atoms with Crippen LogP contribution in [0, 0.1) is 0 Å². The molecule has 0 aliphatic carbocycles. The van der Waals surface area contributed by atoms with Gasteiger partial charge in [0.05, 0.1) is 32.5 Å². The maximum absolute atomic E-state index is 12.7. The van der Waals surface area contributed by atoms with Crippen LogP contribution in [0.5, 0.6) is 0 Å². The molecule has 0 aliphatic rings. The van der Waals surface area contributed by atoms with E-state index in [0.29, 0.717) is 24.1 Å². The number of benzene rings is 1. The molecule has 6 heteroatoms. The van der Waals surface area contributed by atoms with E-state index in [0.717, 1.165) is 6.54 Å².